The lowest BCUT2D eigenvalue weighted by molar-refractivity contribution is -0.108. The van der Waals surface area contributed by atoms with E-state index >= 15 is 0 Å². The van der Waals surface area contributed by atoms with Crippen molar-refractivity contribution in [1.29, 1.82) is 0 Å². The summed E-state index contributed by atoms with van der Waals surface area (Å²) in [5.41, 5.74) is 0.216. The van der Waals surface area contributed by atoms with Crippen molar-refractivity contribution in [1.82, 2.24) is 0 Å². The Bertz CT molecular complexity index is 195. The highest BCUT2D eigenvalue weighted by molar-refractivity contribution is 6.21. The van der Waals surface area contributed by atoms with Crippen LogP contribution < -0.4 is 0 Å². The molecule has 1 aliphatic rings. The van der Waals surface area contributed by atoms with Crippen LogP contribution in [-0.4, -0.2) is 18.1 Å². The third-order valence-corrected chi connectivity index (χ3v) is 4.67. The van der Waals surface area contributed by atoms with Crippen LogP contribution in [0.15, 0.2) is 0 Å². The minimum absolute atomic E-state index is 0.216. The predicted octanol–water partition coefficient (Wildman–Crippen LogP) is 4.24. The summed E-state index contributed by atoms with van der Waals surface area (Å²) in [5.74, 6) is 0.686. The van der Waals surface area contributed by atoms with Gasteiger partial charge in [0.25, 0.3) is 0 Å². The molecule has 0 radical (unpaired) electrons. The van der Waals surface area contributed by atoms with Gasteiger partial charge in [0, 0.05) is 17.4 Å². The SMILES string of the molecule is CCCC(C)COC1CC(Cl)C1(C)CC. The summed E-state index contributed by atoms with van der Waals surface area (Å²) in [6, 6.07) is 0. The van der Waals surface area contributed by atoms with Crippen molar-refractivity contribution in [2.24, 2.45) is 11.3 Å². The lowest BCUT2D eigenvalue weighted by atomic mass is 9.65. The number of ether oxygens (including phenoxy) is 1. The molecule has 1 rings (SSSR count). The van der Waals surface area contributed by atoms with Gasteiger partial charge in [-0.25, -0.2) is 0 Å². The van der Waals surface area contributed by atoms with Gasteiger partial charge in [-0.2, -0.15) is 0 Å². The zero-order valence-corrected chi connectivity index (χ0v) is 11.3. The number of rotatable bonds is 6. The Balaban J connectivity index is 2.28. The third-order valence-electron chi connectivity index (χ3n) is 4.00. The molecule has 2 heteroatoms. The number of hydrogen-bond acceptors (Lipinski definition) is 1. The molecule has 4 atom stereocenters. The Hall–Kier alpha value is 0.250. The highest BCUT2D eigenvalue weighted by Crippen LogP contribution is 2.49. The van der Waals surface area contributed by atoms with Crippen LogP contribution in [0.3, 0.4) is 0 Å². The Morgan fingerprint density at radius 3 is 2.60 bits per heavy atom. The lowest BCUT2D eigenvalue weighted by Crippen LogP contribution is -2.53. The van der Waals surface area contributed by atoms with Gasteiger partial charge >= 0.3 is 0 Å². The topological polar surface area (TPSA) is 9.23 Å². The molecule has 0 aromatic heterocycles. The molecule has 0 heterocycles. The van der Waals surface area contributed by atoms with Crippen molar-refractivity contribution in [2.45, 2.75) is 64.9 Å². The van der Waals surface area contributed by atoms with Crippen molar-refractivity contribution in [3.63, 3.8) is 0 Å². The zero-order chi connectivity index (χ0) is 11.5. The standard InChI is InChI=1S/C13H25ClO/c1-5-7-10(3)9-15-12-8-11(14)13(12,4)6-2/h10-12H,5-9H2,1-4H3. The van der Waals surface area contributed by atoms with Crippen LogP contribution in [0.25, 0.3) is 0 Å². The molecule has 0 spiro atoms. The summed E-state index contributed by atoms with van der Waals surface area (Å²) in [5, 5.41) is 0.314. The monoisotopic (exact) mass is 232 g/mol. The van der Waals surface area contributed by atoms with Gasteiger partial charge in [-0.1, -0.05) is 34.1 Å². The van der Waals surface area contributed by atoms with E-state index in [2.05, 4.69) is 27.7 Å². The van der Waals surface area contributed by atoms with Crippen LogP contribution in [0.5, 0.6) is 0 Å². The molecule has 0 bridgehead atoms. The molecular formula is C13H25ClO. The van der Waals surface area contributed by atoms with Gasteiger partial charge < -0.3 is 4.74 Å². The second kappa shape index (κ2) is 5.54. The average Bonchev–Trinajstić information content (AvgIpc) is 2.23. The van der Waals surface area contributed by atoms with E-state index in [0.29, 0.717) is 17.4 Å². The minimum Gasteiger partial charge on any atom is -0.377 e. The highest BCUT2D eigenvalue weighted by atomic mass is 35.5. The van der Waals surface area contributed by atoms with E-state index in [1.807, 2.05) is 0 Å². The highest BCUT2D eigenvalue weighted by Gasteiger charge is 2.50. The molecule has 0 aliphatic heterocycles. The molecule has 0 amide bonds. The van der Waals surface area contributed by atoms with E-state index in [1.54, 1.807) is 0 Å². The van der Waals surface area contributed by atoms with Crippen LogP contribution in [-0.2, 0) is 4.74 Å². The molecule has 0 aromatic carbocycles. The van der Waals surface area contributed by atoms with Gasteiger partial charge in [0.05, 0.1) is 6.10 Å². The van der Waals surface area contributed by atoms with Crippen LogP contribution in [0.1, 0.15) is 53.4 Å². The third kappa shape index (κ3) is 2.88. The van der Waals surface area contributed by atoms with Gasteiger partial charge in [-0.3, -0.25) is 0 Å². The quantitative estimate of drug-likeness (QED) is 0.623. The largest absolute Gasteiger partial charge is 0.377 e. The first-order valence-corrected chi connectivity index (χ1v) is 6.73. The number of hydrogen-bond donors (Lipinski definition) is 0. The molecule has 4 unspecified atom stereocenters. The van der Waals surface area contributed by atoms with Crippen molar-refractivity contribution in [2.75, 3.05) is 6.61 Å². The fraction of sp³-hybridized carbons (Fsp3) is 1.00. The van der Waals surface area contributed by atoms with Gasteiger partial charge in [0.2, 0.25) is 0 Å². The van der Waals surface area contributed by atoms with E-state index in [0.717, 1.165) is 19.4 Å². The predicted molar refractivity (Wildman–Crippen MR) is 66.5 cm³/mol. The van der Waals surface area contributed by atoms with Gasteiger partial charge in [0.15, 0.2) is 0 Å². The van der Waals surface area contributed by atoms with Crippen molar-refractivity contribution >= 4 is 11.6 Å². The zero-order valence-electron chi connectivity index (χ0n) is 10.6. The van der Waals surface area contributed by atoms with E-state index < -0.39 is 0 Å². The second-order valence-electron chi connectivity index (χ2n) is 5.28. The Kier molecular flexibility index (Phi) is 4.92. The second-order valence-corrected chi connectivity index (χ2v) is 5.81. The molecule has 15 heavy (non-hydrogen) atoms. The summed E-state index contributed by atoms with van der Waals surface area (Å²) in [7, 11) is 0. The summed E-state index contributed by atoms with van der Waals surface area (Å²) >= 11 is 6.25. The van der Waals surface area contributed by atoms with E-state index in [4.69, 9.17) is 16.3 Å². The number of halogens is 1. The first-order chi connectivity index (χ1) is 7.04. The molecule has 1 aliphatic carbocycles. The molecule has 1 fully saturated rings. The Morgan fingerprint density at radius 2 is 2.13 bits per heavy atom. The van der Waals surface area contributed by atoms with Crippen molar-refractivity contribution in [3.05, 3.63) is 0 Å². The molecule has 90 valence electrons. The van der Waals surface area contributed by atoms with Crippen LogP contribution in [0, 0.1) is 11.3 Å². The normalized spacial score (nSPS) is 37.4. The van der Waals surface area contributed by atoms with Crippen LogP contribution in [0.2, 0.25) is 0 Å². The van der Waals surface area contributed by atoms with Gasteiger partial charge in [0.1, 0.15) is 0 Å². The fourth-order valence-electron chi connectivity index (χ4n) is 2.33. The van der Waals surface area contributed by atoms with Crippen molar-refractivity contribution < 1.29 is 4.74 Å². The Morgan fingerprint density at radius 1 is 1.47 bits per heavy atom. The maximum Gasteiger partial charge on any atom is 0.0657 e. The van der Waals surface area contributed by atoms with E-state index in [1.165, 1.54) is 12.8 Å². The van der Waals surface area contributed by atoms with Gasteiger partial charge in [-0.05, 0) is 25.2 Å². The van der Waals surface area contributed by atoms with Crippen molar-refractivity contribution in [3.8, 4) is 0 Å². The number of alkyl halides is 1. The van der Waals surface area contributed by atoms with Crippen LogP contribution >= 0.6 is 11.6 Å². The fourth-order valence-corrected chi connectivity index (χ4v) is 2.79. The first kappa shape index (κ1) is 13.3. The Labute approximate surface area is 99.5 Å². The summed E-state index contributed by atoms with van der Waals surface area (Å²) < 4.78 is 5.98. The molecular weight excluding hydrogens is 208 g/mol. The molecule has 0 aromatic rings. The summed E-state index contributed by atoms with van der Waals surface area (Å²) in [6.45, 7) is 9.86. The summed E-state index contributed by atoms with van der Waals surface area (Å²) in [4.78, 5) is 0. The summed E-state index contributed by atoms with van der Waals surface area (Å²) in [6.07, 6.45) is 5.06. The average molecular weight is 233 g/mol. The molecule has 1 nitrogen and oxygen atoms in total. The van der Waals surface area contributed by atoms with E-state index in [9.17, 15) is 0 Å². The lowest BCUT2D eigenvalue weighted by Gasteiger charge is -2.50. The van der Waals surface area contributed by atoms with E-state index in [-0.39, 0.29) is 5.41 Å². The smallest absolute Gasteiger partial charge is 0.0657 e. The van der Waals surface area contributed by atoms with Gasteiger partial charge in [-0.15, -0.1) is 11.6 Å². The minimum atomic E-state index is 0.216. The molecule has 0 saturated heterocycles. The molecule has 1 saturated carbocycles. The first-order valence-electron chi connectivity index (χ1n) is 6.30. The maximum atomic E-state index is 6.25. The maximum absolute atomic E-state index is 6.25. The van der Waals surface area contributed by atoms with Crippen LogP contribution in [0.4, 0.5) is 0 Å². The molecule has 0 N–H and O–H groups in total.